The third kappa shape index (κ3) is 4.57. The Morgan fingerprint density at radius 2 is 1.81 bits per heavy atom. The number of thioether (sulfide) groups is 1. The van der Waals surface area contributed by atoms with Crippen LogP contribution in [0.25, 0.3) is 6.08 Å². The van der Waals surface area contributed by atoms with Crippen molar-refractivity contribution in [2.24, 2.45) is 0 Å². The molecule has 2 aliphatic heterocycles. The zero-order valence-corrected chi connectivity index (χ0v) is 18.4. The summed E-state index contributed by atoms with van der Waals surface area (Å²) in [6.45, 7) is 2.19. The van der Waals surface area contributed by atoms with Crippen molar-refractivity contribution in [2.45, 2.75) is 0 Å². The Labute approximate surface area is 190 Å². The molecule has 4 rings (SSSR count). The van der Waals surface area contributed by atoms with Crippen LogP contribution in [0.1, 0.15) is 5.56 Å². The number of phenols is 1. The second kappa shape index (κ2) is 9.35. The maximum atomic E-state index is 12.8. The lowest BCUT2D eigenvalue weighted by molar-refractivity contribution is -0.136. The third-order valence-electron chi connectivity index (χ3n) is 5.42. The quantitative estimate of drug-likeness (QED) is 0.696. The van der Waals surface area contributed by atoms with Crippen LogP contribution in [0.4, 0.5) is 10.5 Å². The predicted octanol–water partition coefficient (Wildman–Crippen LogP) is 2.79. The second-order valence-electron chi connectivity index (χ2n) is 7.40. The van der Waals surface area contributed by atoms with Gasteiger partial charge in [0.25, 0.3) is 11.1 Å². The van der Waals surface area contributed by atoms with Crippen LogP contribution in [-0.2, 0) is 9.59 Å². The number of anilines is 1. The van der Waals surface area contributed by atoms with Crippen molar-refractivity contribution in [1.29, 1.82) is 0 Å². The minimum absolute atomic E-state index is 0.0179. The molecule has 0 bridgehead atoms. The van der Waals surface area contributed by atoms with Gasteiger partial charge >= 0.3 is 0 Å². The Morgan fingerprint density at radius 3 is 2.50 bits per heavy atom. The number of phenolic OH excluding ortho intramolecular Hbond substituents is 1. The van der Waals surface area contributed by atoms with Crippen LogP contribution in [0.3, 0.4) is 0 Å². The van der Waals surface area contributed by atoms with Crippen molar-refractivity contribution in [1.82, 2.24) is 9.80 Å². The smallest absolute Gasteiger partial charge is 0.294 e. The molecule has 0 atom stereocenters. The number of rotatable bonds is 5. The standard InChI is InChI=1S/C23H23N3O5S/c1-31-19-13-16(7-8-18(19)27)14-20-22(29)26(23(30)32-20)15-21(28)25-11-9-24(10-12-25)17-5-3-2-4-6-17/h2-8,13-14,27H,9-12,15H2,1H3. The van der Waals surface area contributed by atoms with Gasteiger partial charge in [0.2, 0.25) is 5.91 Å². The summed E-state index contributed by atoms with van der Waals surface area (Å²) in [4.78, 5) is 43.0. The summed E-state index contributed by atoms with van der Waals surface area (Å²) in [5.74, 6) is -0.491. The molecule has 0 aromatic heterocycles. The van der Waals surface area contributed by atoms with Crippen molar-refractivity contribution >= 4 is 40.6 Å². The molecule has 0 aliphatic carbocycles. The molecule has 2 aliphatic rings. The van der Waals surface area contributed by atoms with E-state index in [1.54, 1.807) is 23.1 Å². The zero-order chi connectivity index (χ0) is 22.7. The number of ether oxygens (including phenoxy) is 1. The number of methoxy groups -OCH3 is 1. The van der Waals surface area contributed by atoms with Crippen LogP contribution in [0.15, 0.2) is 53.4 Å². The maximum Gasteiger partial charge on any atom is 0.294 e. The van der Waals surface area contributed by atoms with Crippen LogP contribution in [0.5, 0.6) is 11.5 Å². The average Bonchev–Trinajstić information content (AvgIpc) is 3.08. The summed E-state index contributed by atoms with van der Waals surface area (Å²) in [6, 6.07) is 14.6. The molecule has 2 saturated heterocycles. The van der Waals surface area contributed by atoms with Crippen LogP contribution < -0.4 is 9.64 Å². The van der Waals surface area contributed by atoms with Crippen LogP contribution in [-0.4, -0.2) is 71.8 Å². The highest BCUT2D eigenvalue weighted by Crippen LogP contribution is 2.34. The highest BCUT2D eigenvalue weighted by molar-refractivity contribution is 8.18. The first-order valence-corrected chi connectivity index (χ1v) is 11.0. The van der Waals surface area contributed by atoms with E-state index in [1.807, 2.05) is 30.3 Å². The molecule has 0 spiro atoms. The Hall–Kier alpha value is -3.46. The van der Waals surface area contributed by atoms with Gasteiger partial charge in [-0.25, -0.2) is 0 Å². The SMILES string of the molecule is COc1cc(C=C2SC(=O)N(CC(=O)N3CCN(c4ccccc4)CC3)C2=O)ccc1O. The van der Waals surface area contributed by atoms with E-state index < -0.39 is 11.1 Å². The molecular weight excluding hydrogens is 430 g/mol. The molecule has 0 saturated carbocycles. The monoisotopic (exact) mass is 453 g/mol. The molecule has 2 fully saturated rings. The van der Waals surface area contributed by atoms with Gasteiger partial charge in [0, 0.05) is 31.9 Å². The van der Waals surface area contributed by atoms with Gasteiger partial charge < -0.3 is 19.6 Å². The van der Waals surface area contributed by atoms with Crippen LogP contribution in [0, 0.1) is 0 Å². The fourth-order valence-corrected chi connectivity index (χ4v) is 4.50. The summed E-state index contributed by atoms with van der Waals surface area (Å²) in [7, 11) is 1.43. The number of hydrogen-bond acceptors (Lipinski definition) is 7. The van der Waals surface area contributed by atoms with Gasteiger partial charge in [-0.1, -0.05) is 24.3 Å². The second-order valence-corrected chi connectivity index (χ2v) is 8.40. The van der Waals surface area contributed by atoms with Gasteiger partial charge in [0.15, 0.2) is 11.5 Å². The average molecular weight is 454 g/mol. The molecular formula is C23H23N3O5S. The number of carbonyl (C=O) groups is 3. The van der Waals surface area contributed by atoms with Crippen molar-refractivity contribution < 1.29 is 24.2 Å². The predicted molar refractivity (Wildman–Crippen MR) is 123 cm³/mol. The van der Waals surface area contributed by atoms with Crippen LogP contribution in [0.2, 0.25) is 0 Å². The molecule has 166 valence electrons. The number of amides is 3. The zero-order valence-electron chi connectivity index (χ0n) is 17.6. The van der Waals surface area contributed by atoms with Crippen molar-refractivity contribution in [2.75, 3.05) is 44.7 Å². The fourth-order valence-electron chi connectivity index (χ4n) is 3.66. The molecule has 0 radical (unpaired) electrons. The topological polar surface area (TPSA) is 90.4 Å². The molecule has 9 heteroatoms. The number of imide groups is 1. The van der Waals surface area contributed by atoms with Crippen molar-refractivity contribution in [3.8, 4) is 11.5 Å². The molecule has 2 aromatic rings. The first-order valence-electron chi connectivity index (χ1n) is 10.2. The van der Waals surface area contributed by atoms with Gasteiger partial charge in [-0.05, 0) is 47.7 Å². The minimum Gasteiger partial charge on any atom is -0.504 e. The first-order chi connectivity index (χ1) is 15.5. The van der Waals surface area contributed by atoms with Crippen molar-refractivity contribution in [3.05, 3.63) is 59.0 Å². The van der Waals surface area contributed by atoms with E-state index in [-0.39, 0.29) is 28.9 Å². The highest BCUT2D eigenvalue weighted by Gasteiger charge is 2.37. The van der Waals surface area contributed by atoms with Gasteiger partial charge in [0.05, 0.1) is 12.0 Å². The molecule has 1 N–H and O–H groups in total. The number of carbonyl (C=O) groups excluding carboxylic acids is 3. The van der Waals surface area contributed by atoms with Crippen LogP contribution >= 0.6 is 11.8 Å². The normalized spacial score (nSPS) is 17.9. The molecule has 2 aromatic carbocycles. The van der Waals surface area contributed by atoms with Gasteiger partial charge in [-0.3, -0.25) is 19.3 Å². The number of para-hydroxylation sites is 1. The third-order valence-corrected chi connectivity index (χ3v) is 6.33. The highest BCUT2D eigenvalue weighted by atomic mass is 32.2. The van der Waals surface area contributed by atoms with Gasteiger partial charge in [-0.15, -0.1) is 0 Å². The van der Waals surface area contributed by atoms with E-state index >= 15 is 0 Å². The number of hydrogen-bond donors (Lipinski definition) is 1. The van der Waals surface area contributed by atoms with Gasteiger partial charge in [0.1, 0.15) is 6.54 Å². The number of piperazine rings is 1. The lowest BCUT2D eigenvalue weighted by Crippen LogP contribution is -2.51. The summed E-state index contributed by atoms with van der Waals surface area (Å²) in [5.41, 5.74) is 1.72. The molecule has 2 heterocycles. The maximum absolute atomic E-state index is 12.8. The lowest BCUT2D eigenvalue weighted by atomic mass is 10.2. The lowest BCUT2D eigenvalue weighted by Gasteiger charge is -2.36. The number of aromatic hydroxyl groups is 1. The van der Waals surface area contributed by atoms with E-state index in [1.165, 1.54) is 13.2 Å². The first kappa shape index (κ1) is 21.8. The minimum atomic E-state index is -0.497. The van der Waals surface area contributed by atoms with Gasteiger partial charge in [-0.2, -0.15) is 0 Å². The summed E-state index contributed by atoms with van der Waals surface area (Å²) >= 11 is 0.797. The van der Waals surface area contributed by atoms with E-state index in [2.05, 4.69) is 4.90 Å². The van der Waals surface area contributed by atoms with E-state index in [9.17, 15) is 19.5 Å². The van der Waals surface area contributed by atoms with E-state index in [0.29, 0.717) is 31.7 Å². The molecule has 0 unspecified atom stereocenters. The Kier molecular flexibility index (Phi) is 6.36. The summed E-state index contributed by atoms with van der Waals surface area (Å²) < 4.78 is 5.07. The Morgan fingerprint density at radius 1 is 1.09 bits per heavy atom. The van der Waals surface area contributed by atoms with E-state index in [4.69, 9.17) is 4.74 Å². The fraction of sp³-hybridized carbons (Fsp3) is 0.261. The van der Waals surface area contributed by atoms with Crippen molar-refractivity contribution in [3.63, 3.8) is 0 Å². The number of benzene rings is 2. The summed E-state index contributed by atoms with van der Waals surface area (Å²) in [5, 5.41) is 9.24. The largest absolute Gasteiger partial charge is 0.504 e. The Balaban J connectivity index is 1.38. The Bertz CT molecular complexity index is 1060. The summed E-state index contributed by atoms with van der Waals surface area (Å²) in [6.07, 6.45) is 1.55. The van der Waals surface area contributed by atoms with E-state index in [0.717, 1.165) is 22.3 Å². The molecule has 3 amide bonds. The molecule has 8 nitrogen and oxygen atoms in total. The number of nitrogens with zero attached hydrogens (tertiary/aromatic N) is 3. The molecule has 32 heavy (non-hydrogen) atoms.